The average Bonchev–Trinajstić information content (AvgIpc) is 2.84. The zero-order valence-electron chi connectivity index (χ0n) is 13.8. The Morgan fingerprint density at radius 2 is 2.17 bits per heavy atom. The number of amides is 1. The van der Waals surface area contributed by atoms with Crippen molar-refractivity contribution < 1.29 is 14.3 Å². The zero-order valence-corrected chi connectivity index (χ0v) is 13.8. The molecule has 1 atom stereocenters. The van der Waals surface area contributed by atoms with Gasteiger partial charge in [0, 0.05) is 18.0 Å². The minimum Gasteiger partial charge on any atom is -0.491 e. The molecule has 0 bridgehead atoms. The maximum absolute atomic E-state index is 11.4. The second kappa shape index (κ2) is 6.07. The molecule has 1 aliphatic heterocycles. The van der Waals surface area contributed by atoms with Crippen LogP contribution in [0.5, 0.6) is 11.6 Å². The molecule has 23 heavy (non-hydrogen) atoms. The van der Waals surface area contributed by atoms with Gasteiger partial charge in [-0.2, -0.15) is 0 Å². The maximum Gasteiger partial charge on any atom is 0.221 e. The molecule has 1 saturated heterocycles. The van der Waals surface area contributed by atoms with Crippen molar-refractivity contribution in [3.8, 4) is 11.6 Å². The standard InChI is InChI=1S/C18H22N2O3/c1-12(2)23-14-5-4-13-7-9-19-17(15(13)10-14)22-11-18(3)8-6-16(21)20-18/h4-5,7,9-10,12H,6,8,11H2,1-3H3,(H,20,21)/t18-/m0/s1. The number of ether oxygens (including phenoxy) is 2. The van der Waals surface area contributed by atoms with E-state index in [-0.39, 0.29) is 17.6 Å². The molecule has 3 rings (SSSR count). The van der Waals surface area contributed by atoms with Gasteiger partial charge in [-0.3, -0.25) is 4.79 Å². The fourth-order valence-electron chi connectivity index (χ4n) is 2.77. The van der Waals surface area contributed by atoms with E-state index >= 15 is 0 Å². The number of fused-ring (bicyclic) bond motifs is 1. The third kappa shape index (κ3) is 3.55. The van der Waals surface area contributed by atoms with Crippen molar-refractivity contribution in [3.63, 3.8) is 0 Å². The molecule has 0 spiro atoms. The first-order valence-corrected chi connectivity index (χ1v) is 7.94. The first-order chi connectivity index (χ1) is 11.0. The van der Waals surface area contributed by atoms with Gasteiger partial charge in [-0.15, -0.1) is 0 Å². The molecular weight excluding hydrogens is 292 g/mol. The van der Waals surface area contributed by atoms with Gasteiger partial charge >= 0.3 is 0 Å². The van der Waals surface area contributed by atoms with Crippen LogP contribution in [0.15, 0.2) is 30.5 Å². The van der Waals surface area contributed by atoms with Crippen LogP contribution in [0.3, 0.4) is 0 Å². The van der Waals surface area contributed by atoms with Gasteiger partial charge < -0.3 is 14.8 Å². The zero-order chi connectivity index (χ0) is 16.4. The van der Waals surface area contributed by atoms with E-state index < -0.39 is 0 Å². The molecule has 1 aromatic carbocycles. The molecule has 2 heterocycles. The molecule has 1 aliphatic rings. The molecule has 5 heteroatoms. The molecule has 1 aromatic heterocycles. The highest BCUT2D eigenvalue weighted by molar-refractivity contribution is 5.88. The molecule has 5 nitrogen and oxygen atoms in total. The van der Waals surface area contributed by atoms with Crippen LogP contribution in [-0.2, 0) is 4.79 Å². The van der Waals surface area contributed by atoms with E-state index in [9.17, 15) is 4.79 Å². The average molecular weight is 314 g/mol. The topological polar surface area (TPSA) is 60.5 Å². The Balaban J connectivity index is 1.83. The van der Waals surface area contributed by atoms with E-state index in [1.807, 2.05) is 45.0 Å². The van der Waals surface area contributed by atoms with Gasteiger partial charge in [-0.25, -0.2) is 4.98 Å². The number of hydrogen-bond donors (Lipinski definition) is 1. The van der Waals surface area contributed by atoms with Gasteiger partial charge in [-0.05, 0) is 50.8 Å². The molecule has 1 fully saturated rings. The molecule has 1 N–H and O–H groups in total. The van der Waals surface area contributed by atoms with Crippen LogP contribution in [0.4, 0.5) is 0 Å². The summed E-state index contributed by atoms with van der Waals surface area (Å²) in [6.45, 7) is 6.39. The molecule has 0 saturated carbocycles. The first kappa shape index (κ1) is 15.6. The number of aromatic nitrogens is 1. The lowest BCUT2D eigenvalue weighted by Crippen LogP contribution is -2.43. The number of nitrogens with one attached hydrogen (secondary N) is 1. The van der Waals surface area contributed by atoms with Crippen LogP contribution < -0.4 is 14.8 Å². The quantitative estimate of drug-likeness (QED) is 0.921. The van der Waals surface area contributed by atoms with E-state index in [0.29, 0.717) is 18.9 Å². The number of benzene rings is 1. The Labute approximate surface area is 136 Å². The summed E-state index contributed by atoms with van der Waals surface area (Å²) in [7, 11) is 0. The Morgan fingerprint density at radius 1 is 1.35 bits per heavy atom. The van der Waals surface area contributed by atoms with Crippen molar-refractivity contribution in [1.82, 2.24) is 10.3 Å². The van der Waals surface area contributed by atoms with Gasteiger partial charge in [0.2, 0.25) is 11.8 Å². The summed E-state index contributed by atoms with van der Waals surface area (Å²) < 4.78 is 11.7. The monoisotopic (exact) mass is 314 g/mol. The summed E-state index contributed by atoms with van der Waals surface area (Å²) in [5.74, 6) is 1.44. The van der Waals surface area contributed by atoms with Crippen LogP contribution in [0.25, 0.3) is 10.8 Å². The SMILES string of the molecule is CC(C)Oc1ccc2ccnc(OC[C@]3(C)CCC(=O)N3)c2c1. The lowest BCUT2D eigenvalue weighted by molar-refractivity contribution is -0.119. The van der Waals surface area contributed by atoms with E-state index in [1.165, 1.54) is 0 Å². The summed E-state index contributed by atoms with van der Waals surface area (Å²) in [6.07, 6.45) is 3.17. The van der Waals surface area contributed by atoms with E-state index in [4.69, 9.17) is 9.47 Å². The maximum atomic E-state index is 11.4. The highest BCUT2D eigenvalue weighted by Crippen LogP contribution is 2.29. The van der Waals surface area contributed by atoms with E-state index in [0.717, 1.165) is 22.9 Å². The lowest BCUT2D eigenvalue weighted by Gasteiger charge is -2.24. The van der Waals surface area contributed by atoms with Crippen molar-refractivity contribution in [2.75, 3.05) is 6.61 Å². The normalized spacial score (nSPS) is 20.8. The summed E-state index contributed by atoms with van der Waals surface area (Å²) in [5, 5.41) is 4.93. The fourth-order valence-corrected chi connectivity index (χ4v) is 2.77. The molecule has 1 amide bonds. The van der Waals surface area contributed by atoms with Crippen molar-refractivity contribution in [2.24, 2.45) is 0 Å². The molecule has 0 unspecified atom stereocenters. The van der Waals surface area contributed by atoms with Gasteiger partial charge in [0.15, 0.2) is 0 Å². The number of nitrogens with zero attached hydrogens (tertiary/aromatic N) is 1. The lowest BCUT2D eigenvalue weighted by atomic mass is 10.0. The van der Waals surface area contributed by atoms with Crippen LogP contribution in [-0.4, -0.2) is 29.1 Å². The van der Waals surface area contributed by atoms with Crippen LogP contribution in [0, 0.1) is 0 Å². The number of hydrogen-bond acceptors (Lipinski definition) is 4. The van der Waals surface area contributed by atoms with E-state index in [1.54, 1.807) is 6.20 Å². The van der Waals surface area contributed by atoms with Crippen LogP contribution in [0.1, 0.15) is 33.6 Å². The van der Waals surface area contributed by atoms with Crippen molar-refractivity contribution in [1.29, 1.82) is 0 Å². The molecule has 2 aromatic rings. The number of pyridine rings is 1. The number of rotatable bonds is 5. The first-order valence-electron chi connectivity index (χ1n) is 7.94. The minimum absolute atomic E-state index is 0.0783. The predicted octanol–water partition coefficient (Wildman–Crippen LogP) is 3.07. The molecule has 122 valence electrons. The van der Waals surface area contributed by atoms with Gasteiger partial charge in [-0.1, -0.05) is 6.07 Å². The second-order valence-electron chi connectivity index (χ2n) is 6.56. The fraction of sp³-hybridized carbons (Fsp3) is 0.444. The summed E-state index contributed by atoms with van der Waals surface area (Å²) in [5.41, 5.74) is -0.326. The second-order valence-corrected chi connectivity index (χ2v) is 6.56. The molecular formula is C18H22N2O3. The highest BCUT2D eigenvalue weighted by atomic mass is 16.5. The third-order valence-corrected chi connectivity index (χ3v) is 3.95. The van der Waals surface area contributed by atoms with Crippen molar-refractivity contribution >= 4 is 16.7 Å². The smallest absolute Gasteiger partial charge is 0.221 e. The Kier molecular flexibility index (Phi) is 4.11. The minimum atomic E-state index is -0.326. The Morgan fingerprint density at radius 3 is 2.87 bits per heavy atom. The third-order valence-electron chi connectivity index (χ3n) is 3.95. The number of carbonyl (C=O) groups is 1. The summed E-state index contributed by atoms with van der Waals surface area (Å²) in [4.78, 5) is 15.8. The predicted molar refractivity (Wildman–Crippen MR) is 88.8 cm³/mol. The van der Waals surface area contributed by atoms with Crippen molar-refractivity contribution in [3.05, 3.63) is 30.5 Å². The van der Waals surface area contributed by atoms with Gasteiger partial charge in [0.25, 0.3) is 0 Å². The van der Waals surface area contributed by atoms with Gasteiger partial charge in [0.05, 0.1) is 11.6 Å². The number of carbonyl (C=O) groups excluding carboxylic acids is 1. The highest BCUT2D eigenvalue weighted by Gasteiger charge is 2.34. The largest absolute Gasteiger partial charge is 0.491 e. The van der Waals surface area contributed by atoms with Crippen molar-refractivity contribution in [2.45, 2.75) is 45.3 Å². The van der Waals surface area contributed by atoms with E-state index in [2.05, 4.69) is 10.3 Å². The Bertz CT molecular complexity index is 729. The van der Waals surface area contributed by atoms with Crippen LogP contribution >= 0.6 is 0 Å². The molecule has 0 radical (unpaired) electrons. The van der Waals surface area contributed by atoms with Gasteiger partial charge in [0.1, 0.15) is 12.4 Å². The summed E-state index contributed by atoms with van der Waals surface area (Å²) >= 11 is 0. The molecule has 0 aliphatic carbocycles. The Hall–Kier alpha value is -2.30. The van der Waals surface area contributed by atoms with Crippen LogP contribution in [0.2, 0.25) is 0 Å². The summed E-state index contributed by atoms with van der Waals surface area (Å²) in [6, 6.07) is 7.85.